The van der Waals surface area contributed by atoms with Gasteiger partial charge in [-0.25, -0.2) is 4.39 Å². The van der Waals surface area contributed by atoms with Crippen molar-refractivity contribution >= 4 is 5.91 Å². The second-order valence-corrected chi connectivity index (χ2v) is 3.25. The highest BCUT2D eigenvalue weighted by atomic mass is 19.1. The Balaban J connectivity index is 2.33. The monoisotopic (exact) mass is 179 g/mol. The molecule has 1 amide bonds. The maximum Gasteiger partial charge on any atom is 0.254 e. The standard InChI is InChI=1S/C10H10FNO/c1-7-6-8(11)2-3-9(7)10(13)12-4-5-12/h2-3,6H,4-5H2,1H3. The zero-order chi connectivity index (χ0) is 9.42. The van der Waals surface area contributed by atoms with Crippen LogP contribution in [0, 0.1) is 12.7 Å². The molecule has 0 unspecified atom stereocenters. The zero-order valence-corrected chi connectivity index (χ0v) is 7.38. The lowest BCUT2D eigenvalue weighted by atomic mass is 10.1. The van der Waals surface area contributed by atoms with Crippen molar-refractivity contribution in [3.63, 3.8) is 0 Å². The van der Waals surface area contributed by atoms with Crippen molar-refractivity contribution in [1.82, 2.24) is 4.90 Å². The van der Waals surface area contributed by atoms with Gasteiger partial charge in [-0.05, 0) is 30.7 Å². The van der Waals surface area contributed by atoms with Gasteiger partial charge in [-0.2, -0.15) is 0 Å². The van der Waals surface area contributed by atoms with Crippen LogP contribution in [-0.2, 0) is 0 Å². The van der Waals surface area contributed by atoms with E-state index in [1.807, 2.05) is 0 Å². The summed E-state index contributed by atoms with van der Waals surface area (Å²) in [5, 5.41) is 0. The van der Waals surface area contributed by atoms with Gasteiger partial charge in [0.15, 0.2) is 0 Å². The number of carbonyl (C=O) groups excluding carboxylic acids is 1. The van der Waals surface area contributed by atoms with Crippen LogP contribution in [0.1, 0.15) is 15.9 Å². The van der Waals surface area contributed by atoms with Crippen LogP contribution in [0.25, 0.3) is 0 Å². The van der Waals surface area contributed by atoms with Crippen molar-refractivity contribution in [2.45, 2.75) is 6.92 Å². The molecule has 0 aromatic heterocycles. The van der Waals surface area contributed by atoms with Crippen molar-refractivity contribution in [2.75, 3.05) is 13.1 Å². The molecule has 1 saturated heterocycles. The van der Waals surface area contributed by atoms with Crippen LogP contribution in [0.4, 0.5) is 4.39 Å². The quantitative estimate of drug-likeness (QED) is 0.599. The summed E-state index contributed by atoms with van der Waals surface area (Å²) in [7, 11) is 0. The Morgan fingerprint density at radius 3 is 2.69 bits per heavy atom. The number of rotatable bonds is 1. The minimum Gasteiger partial charge on any atom is -0.335 e. The fourth-order valence-electron chi connectivity index (χ4n) is 1.29. The largest absolute Gasteiger partial charge is 0.335 e. The molecule has 3 heteroatoms. The summed E-state index contributed by atoms with van der Waals surface area (Å²) in [4.78, 5) is 13.3. The molecule has 1 heterocycles. The second-order valence-electron chi connectivity index (χ2n) is 3.25. The summed E-state index contributed by atoms with van der Waals surface area (Å²) in [5.74, 6) is -0.280. The lowest BCUT2D eigenvalue weighted by Gasteiger charge is -2.04. The van der Waals surface area contributed by atoms with E-state index in [1.165, 1.54) is 12.1 Å². The first-order chi connectivity index (χ1) is 6.18. The predicted octanol–water partition coefficient (Wildman–Crippen LogP) is 1.59. The Labute approximate surface area is 76.0 Å². The van der Waals surface area contributed by atoms with Crippen molar-refractivity contribution < 1.29 is 9.18 Å². The molecule has 1 fully saturated rings. The summed E-state index contributed by atoms with van der Waals surface area (Å²) in [5.41, 5.74) is 1.32. The number of carbonyl (C=O) groups is 1. The van der Waals surface area contributed by atoms with Gasteiger partial charge in [0.25, 0.3) is 5.91 Å². The third-order valence-electron chi connectivity index (χ3n) is 2.15. The number of nitrogens with zero attached hydrogens (tertiary/aromatic N) is 1. The molecule has 0 aliphatic carbocycles. The van der Waals surface area contributed by atoms with E-state index in [1.54, 1.807) is 17.9 Å². The summed E-state index contributed by atoms with van der Waals surface area (Å²) in [6, 6.07) is 4.26. The molecule has 13 heavy (non-hydrogen) atoms. The van der Waals surface area contributed by atoms with E-state index in [-0.39, 0.29) is 11.7 Å². The summed E-state index contributed by atoms with van der Waals surface area (Å²) in [6.07, 6.45) is 0. The molecule has 0 bridgehead atoms. The minimum atomic E-state index is -0.292. The van der Waals surface area contributed by atoms with Gasteiger partial charge < -0.3 is 4.90 Å². The van der Waals surface area contributed by atoms with Gasteiger partial charge in [0.1, 0.15) is 5.82 Å². The number of hydrogen-bond acceptors (Lipinski definition) is 1. The highest BCUT2D eigenvalue weighted by Gasteiger charge is 2.26. The van der Waals surface area contributed by atoms with Gasteiger partial charge in [-0.15, -0.1) is 0 Å². The Bertz CT molecular complexity index is 358. The van der Waals surface area contributed by atoms with Crippen LogP contribution >= 0.6 is 0 Å². The number of amides is 1. The summed E-state index contributed by atoms with van der Waals surface area (Å²) in [6.45, 7) is 3.41. The van der Waals surface area contributed by atoms with Crippen LogP contribution in [0.2, 0.25) is 0 Å². The molecule has 1 aromatic rings. The highest BCUT2D eigenvalue weighted by Crippen LogP contribution is 2.16. The first-order valence-electron chi connectivity index (χ1n) is 4.24. The molecule has 0 spiro atoms. The number of benzene rings is 1. The normalized spacial score (nSPS) is 14.5. The molecule has 1 aliphatic rings. The minimum absolute atomic E-state index is 0.0116. The van der Waals surface area contributed by atoms with Crippen LogP contribution in [0.5, 0.6) is 0 Å². The predicted molar refractivity (Wildman–Crippen MR) is 47.0 cm³/mol. The van der Waals surface area contributed by atoms with Gasteiger partial charge >= 0.3 is 0 Å². The lowest BCUT2D eigenvalue weighted by Crippen LogP contribution is -2.12. The molecule has 0 atom stereocenters. The molecule has 1 aromatic carbocycles. The Kier molecular flexibility index (Phi) is 1.79. The molecule has 0 radical (unpaired) electrons. The first kappa shape index (κ1) is 8.23. The van der Waals surface area contributed by atoms with Gasteiger partial charge in [-0.1, -0.05) is 0 Å². The molecule has 1 aliphatic heterocycles. The van der Waals surface area contributed by atoms with Crippen molar-refractivity contribution in [1.29, 1.82) is 0 Å². The molecule has 68 valence electrons. The third kappa shape index (κ3) is 1.54. The van der Waals surface area contributed by atoms with Crippen LogP contribution in [0.15, 0.2) is 18.2 Å². The summed E-state index contributed by atoms with van der Waals surface area (Å²) < 4.78 is 12.7. The number of halogens is 1. The maximum absolute atomic E-state index is 12.7. The van der Waals surface area contributed by atoms with E-state index >= 15 is 0 Å². The highest BCUT2D eigenvalue weighted by molar-refractivity contribution is 5.96. The van der Waals surface area contributed by atoms with Crippen molar-refractivity contribution in [3.05, 3.63) is 35.1 Å². The second kappa shape index (κ2) is 2.83. The van der Waals surface area contributed by atoms with E-state index in [2.05, 4.69) is 0 Å². The number of hydrogen-bond donors (Lipinski definition) is 0. The van der Waals surface area contributed by atoms with E-state index in [0.717, 1.165) is 13.1 Å². The van der Waals surface area contributed by atoms with Gasteiger partial charge in [0.05, 0.1) is 0 Å². The van der Waals surface area contributed by atoms with Crippen LogP contribution < -0.4 is 0 Å². The summed E-state index contributed by atoms with van der Waals surface area (Å²) >= 11 is 0. The topological polar surface area (TPSA) is 20.1 Å². The van der Waals surface area contributed by atoms with E-state index in [0.29, 0.717) is 11.1 Å². The van der Waals surface area contributed by atoms with Crippen LogP contribution in [-0.4, -0.2) is 23.9 Å². The molecule has 2 rings (SSSR count). The molecular formula is C10H10FNO. The Hall–Kier alpha value is -1.38. The number of aryl methyl sites for hydroxylation is 1. The first-order valence-corrected chi connectivity index (χ1v) is 4.24. The van der Waals surface area contributed by atoms with E-state index in [9.17, 15) is 9.18 Å². The van der Waals surface area contributed by atoms with Crippen molar-refractivity contribution in [2.24, 2.45) is 0 Å². The fraction of sp³-hybridized carbons (Fsp3) is 0.300. The SMILES string of the molecule is Cc1cc(F)ccc1C(=O)N1CC1. The molecule has 2 nitrogen and oxygen atoms in total. The average Bonchev–Trinajstić information content (AvgIpc) is 2.85. The van der Waals surface area contributed by atoms with E-state index in [4.69, 9.17) is 0 Å². The van der Waals surface area contributed by atoms with Crippen molar-refractivity contribution in [3.8, 4) is 0 Å². The molecule has 0 N–H and O–H groups in total. The average molecular weight is 179 g/mol. The maximum atomic E-state index is 12.7. The van der Waals surface area contributed by atoms with Gasteiger partial charge in [0, 0.05) is 18.7 Å². The lowest BCUT2D eigenvalue weighted by molar-refractivity contribution is 0.0885. The Morgan fingerprint density at radius 2 is 2.15 bits per heavy atom. The Morgan fingerprint density at radius 1 is 1.46 bits per heavy atom. The third-order valence-corrected chi connectivity index (χ3v) is 2.15. The zero-order valence-electron chi connectivity index (χ0n) is 7.38. The van der Waals surface area contributed by atoms with Crippen LogP contribution in [0.3, 0.4) is 0 Å². The van der Waals surface area contributed by atoms with Gasteiger partial charge in [-0.3, -0.25) is 4.79 Å². The fourth-order valence-corrected chi connectivity index (χ4v) is 1.29. The molecule has 0 saturated carbocycles. The molecular weight excluding hydrogens is 169 g/mol. The van der Waals surface area contributed by atoms with Gasteiger partial charge in [0.2, 0.25) is 0 Å². The van der Waals surface area contributed by atoms with E-state index < -0.39 is 0 Å². The smallest absolute Gasteiger partial charge is 0.254 e.